The van der Waals surface area contributed by atoms with Gasteiger partial charge in [0.2, 0.25) is 5.91 Å². The monoisotopic (exact) mass is 312 g/mol. The Morgan fingerprint density at radius 3 is 2.57 bits per heavy atom. The van der Waals surface area contributed by atoms with Gasteiger partial charge in [0.1, 0.15) is 0 Å². The minimum atomic E-state index is 0.0425. The zero-order valence-corrected chi connectivity index (χ0v) is 14.1. The van der Waals surface area contributed by atoms with Crippen molar-refractivity contribution in [2.45, 2.75) is 63.6 Å². The van der Waals surface area contributed by atoms with Crippen LogP contribution in [0.3, 0.4) is 0 Å². The molecule has 2 saturated heterocycles. The molecule has 124 valence electrons. The highest BCUT2D eigenvalue weighted by Crippen LogP contribution is 2.34. The molecular weight excluding hydrogens is 284 g/mol. The highest BCUT2D eigenvalue weighted by Gasteiger charge is 2.37. The van der Waals surface area contributed by atoms with Crippen LogP contribution in [-0.4, -0.2) is 35.5 Å². The van der Waals surface area contributed by atoms with Gasteiger partial charge in [-0.3, -0.25) is 9.69 Å². The Hall–Kier alpha value is -1.61. The molecule has 3 nitrogen and oxygen atoms in total. The van der Waals surface area contributed by atoms with E-state index in [0.29, 0.717) is 18.1 Å². The predicted octanol–water partition coefficient (Wildman–Crippen LogP) is 3.61. The summed E-state index contributed by atoms with van der Waals surface area (Å²) in [6.45, 7) is 3.47. The molecule has 2 bridgehead atoms. The van der Waals surface area contributed by atoms with Crippen molar-refractivity contribution in [2.24, 2.45) is 0 Å². The van der Waals surface area contributed by atoms with E-state index < -0.39 is 0 Å². The lowest BCUT2D eigenvalue weighted by Gasteiger charge is -2.49. The first-order chi connectivity index (χ1) is 11.3. The number of benzene rings is 1. The van der Waals surface area contributed by atoms with E-state index in [-0.39, 0.29) is 5.91 Å². The van der Waals surface area contributed by atoms with Crippen molar-refractivity contribution >= 4 is 12.0 Å². The fraction of sp³-hybridized carbons (Fsp3) is 0.550. The second-order valence-electron chi connectivity index (χ2n) is 6.90. The molecule has 2 atom stereocenters. The number of piperidine rings is 2. The summed E-state index contributed by atoms with van der Waals surface area (Å²) in [6, 6.07) is 11.7. The van der Waals surface area contributed by atoms with Gasteiger partial charge in [0, 0.05) is 24.2 Å². The Kier molecular flexibility index (Phi) is 5.50. The number of rotatable bonds is 5. The van der Waals surface area contributed by atoms with E-state index in [0.717, 1.165) is 18.4 Å². The van der Waals surface area contributed by atoms with Gasteiger partial charge >= 0.3 is 0 Å². The van der Waals surface area contributed by atoms with Gasteiger partial charge in [0.05, 0.1) is 0 Å². The average molecular weight is 312 g/mol. The fourth-order valence-electron chi connectivity index (χ4n) is 4.21. The third-order valence-corrected chi connectivity index (χ3v) is 5.18. The predicted molar refractivity (Wildman–Crippen MR) is 95.1 cm³/mol. The molecular formula is C20H28N2O. The average Bonchev–Trinajstić information content (AvgIpc) is 2.55. The topological polar surface area (TPSA) is 32.3 Å². The van der Waals surface area contributed by atoms with Gasteiger partial charge in [-0.2, -0.15) is 0 Å². The summed E-state index contributed by atoms with van der Waals surface area (Å²) >= 11 is 0. The van der Waals surface area contributed by atoms with Crippen LogP contribution >= 0.6 is 0 Å². The van der Waals surface area contributed by atoms with Gasteiger partial charge < -0.3 is 5.32 Å². The number of nitrogens with zero attached hydrogens (tertiary/aromatic N) is 1. The van der Waals surface area contributed by atoms with Crippen molar-refractivity contribution in [3.8, 4) is 0 Å². The minimum Gasteiger partial charge on any atom is -0.350 e. The highest BCUT2D eigenvalue weighted by atomic mass is 16.1. The van der Waals surface area contributed by atoms with Crippen molar-refractivity contribution < 1.29 is 4.79 Å². The Morgan fingerprint density at radius 2 is 1.91 bits per heavy atom. The van der Waals surface area contributed by atoms with Crippen LogP contribution in [0, 0.1) is 0 Å². The lowest BCUT2D eigenvalue weighted by Crippen LogP contribution is -2.56. The van der Waals surface area contributed by atoms with E-state index in [2.05, 4.69) is 17.1 Å². The molecule has 0 saturated carbocycles. The maximum Gasteiger partial charge on any atom is 0.244 e. The molecule has 0 aromatic heterocycles. The Balaban J connectivity index is 1.55. The van der Waals surface area contributed by atoms with E-state index in [4.69, 9.17) is 0 Å². The summed E-state index contributed by atoms with van der Waals surface area (Å²) in [7, 11) is 0. The molecule has 2 fully saturated rings. The molecule has 1 aromatic rings. The molecule has 3 heteroatoms. The SMILES string of the molecule is CCCN1C2CCCC1CC(NC(=O)C=Cc1ccccc1)C2. The van der Waals surface area contributed by atoms with Crippen LogP contribution in [0.5, 0.6) is 0 Å². The number of nitrogens with one attached hydrogen (secondary N) is 1. The molecule has 2 aliphatic heterocycles. The van der Waals surface area contributed by atoms with Gasteiger partial charge in [0.25, 0.3) is 0 Å². The van der Waals surface area contributed by atoms with E-state index in [1.165, 1.54) is 32.2 Å². The molecule has 0 aliphatic carbocycles. The van der Waals surface area contributed by atoms with E-state index >= 15 is 0 Å². The zero-order valence-electron chi connectivity index (χ0n) is 14.1. The number of hydrogen-bond acceptors (Lipinski definition) is 2. The summed E-state index contributed by atoms with van der Waals surface area (Å²) in [5, 5.41) is 3.23. The first-order valence-corrected chi connectivity index (χ1v) is 9.05. The van der Waals surface area contributed by atoms with Crippen LogP contribution in [-0.2, 0) is 4.79 Å². The van der Waals surface area contributed by atoms with Crippen molar-refractivity contribution in [1.82, 2.24) is 10.2 Å². The molecule has 23 heavy (non-hydrogen) atoms. The summed E-state index contributed by atoms with van der Waals surface area (Å²) in [4.78, 5) is 14.9. The van der Waals surface area contributed by atoms with Crippen LogP contribution in [0.4, 0.5) is 0 Å². The van der Waals surface area contributed by atoms with Crippen LogP contribution in [0.25, 0.3) is 6.08 Å². The quantitative estimate of drug-likeness (QED) is 0.842. The molecule has 0 spiro atoms. The van der Waals surface area contributed by atoms with Gasteiger partial charge in [-0.05, 0) is 50.3 Å². The molecule has 1 aromatic carbocycles. The number of carbonyl (C=O) groups is 1. The van der Waals surface area contributed by atoms with Crippen molar-refractivity contribution in [3.05, 3.63) is 42.0 Å². The molecule has 0 radical (unpaired) electrons. The summed E-state index contributed by atoms with van der Waals surface area (Å²) in [5.41, 5.74) is 1.07. The molecule has 3 rings (SSSR count). The lowest BCUT2D eigenvalue weighted by molar-refractivity contribution is -0.118. The van der Waals surface area contributed by atoms with Gasteiger partial charge in [-0.25, -0.2) is 0 Å². The Morgan fingerprint density at radius 1 is 1.22 bits per heavy atom. The van der Waals surface area contributed by atoms with Crippen LogP contribution in [0.2, 0.25) is 0 Å². The molecule has 2 unspecified atom stereocenters. The lowest BCUT2D eigenvalue weighted by atomic mass is 9.81. The third-order valence-electron chi connectivity index (χ3n) is 5.18. The van der Waals surface area contributed by atoms with Crippen molar-refractivity contribution in [3.63, 3.8) is 0 Å². The normalized spacial score (nSPS) is 28.0. The molecule has 1 N–H and O–H groups in total. The summed E-state index contributed by atoms with van der Waals surface area (Å²) in [5.74, 6) is 0.0425. The van der Waals surface area contributed by atoms with E-state index in [9.17, 15) is 4.79 Å². The molecule has 1 amide bonds. The van der Waals surface area contributed by atoms with Gasteiger partial charge in [-0.15, -0.1) is 0 Å². The first-order valence-electron chi connectivity index (χ1n) is 9.05. The van der Waals surface area contributed by atoms with E-state index in [1.54, 1.807) is 6.08 Å². The van der Waals surface area contributed by atoms with Crippen molar-refractivity contribution in [2.75, 3.05) is 6.54 Å². The molecule has 2 aliphatic rings. The standard InChI is InChI=1S/C20H28N2O/c1-2-13-22-18-9-6-10-19(22)15-17(14-18)21-20(23)12-11-16-7-4-3-5-8-16/h3-5,7-8,11-12,17-19H,2,6,9-10,13-15H2,1H3,(H,21,23). The highest BCUT2D eigenvalue weighted by molar-refractivity contribution is 5.91. The number of fused-ring (bicyclic) bond motifs is 2. The maximum absolute atomic E-state index is 12.2. The summed E-state index contributed by atoms with van der Waals surface area (Å²) < 4.78 is 0. The second-order valence-corrected chi connectivity index (χ2v) is 6.90. The Labute approximate surface area is 139 Å². The smallest absolute Gasteiger partial charge is 0.244 e. The van der Waals surface area contributed by atoms with Crippen LogP contribution < -0.4 is 5.32 Å². The number of amides is 1. The van der Waals surface area contributed by atoms with Gasteiger partial charge in [-0.1, -0.05) is 43.7 Å². The Bertz CT molecular complexity index is 526. The number of carbonyl (C=O) groups excluding carboxylic acids is 1. The van der Waals surface area contributed by atoms with Crippen molar-refractivity contribution in [1.29, 1.82) is 0 Å². The largest absolute Gasteiger partial charge is 0.350 e. The van der Waals surface area contributed by atoms with Crippen LogP contribution in [0.15, 0.2) is 36.4 Å². The maximum atomic E-state index is 12.2. The number of hydrogen-bond donors (Lipinski definition) is 1. The fourth-order valence-corrected chi connectivity index (χ4v) is 4.21. The summed E-state index contributed by atoms with van der Waals surface area (Å²) in [6.07, 6.45) is 11.0. The van der Waals surface area contributed by atoms with Gasteiger partial charge in [0.15, 0.2) is 0 Å². The van der Waals surface area contributed by atoms with E-state index in [1.807, 2.05) is 36.4 Å². The van der Waals surface area contributed by atoms with Crippen LogP contribution in [0.1, 0.15) is 51.0 Å². The minimum absolute atomic E-state index is 0.0425. The third kappa shape index (κ3) is 4.23. The zero-order chi connectivity index (χ0) is 16.1. The second kappa shape index (κ2) is 7.78. The first kappa shape index (κ1) is 16.3. The molecule has 2 heterocycles.